The number of nitrogens with one attached hydrogen (secondary N) is 1. The van der Waals surface area contributed by atoms with Crippen LogP contribution in [-0.4, -0.2) is 46.1 Å². The molecule has 0 saturated carbocycles. The van der Waals surface area contributed by atoms with Gasteiger partial charge in [-0.25, -0.2) is 0 Å². The molecule has 0 aliphatic rings. The Morgan fingerprint density at radius 3 is 0.980 bits per heavy atom. The van der Waals surface area contributed by atoms with Crippen LogP contribution in [0.3, 0.4) is 0 Å². The van der Waals surface area contributed by atoms with Crippen molar-refractivity contribution >= 4 is 5.91 Å². The van der Waals surface area contributed by atoms with Crippen LogP contribution in [0.1, 0.15) is 251 Å². The van der Waals surface area contributed by atoms with Crippen LogP contribution in [0.2, 0.25) is 0 Å². The fourth-order valence-corrected chi connectivity index (χ4v) is 7.23. The number of rotatable bonds is 41. The fourth-order valence-electron chi connectivity index (χ4n) is 7.23. The fraction of sp³-hybridized carbons (Fsp3) is 0.977. The monoisotopic (exact) mass is 696 g/mol. The maximum Gasteiger partial charge on any atom is 0.222 e. The molecule has 0 fully saturated rings. The number of aliphatic hydroxyl groups is 3. The summed E-state index contributed by atoms with van der Waals surface area (Å²) in [5.74, 6) is -0.280. The summed E-state index contributed by atoms with van der Waals surface area (Å²) in [5.41, 5.74) is 0. The summed E-state index contributed by atoms with van der Waals surface area (Å²) in [6.07, 6.45) is 45.1. The number of unbranched alkanes of at least 4 members (excludes halogenated alkanes) is 32. The SMILES string of the molecule is CCCCCCCCCCCCCCCCCCCCCCCCCCC(O)CC(=O)NC(CO)C(O)CCCCCCCCCCCC. The van der Waals surface area contributed by atoms with Gasteiger partial charge in [0, 0.05) is 0 Å². The molecule has 0 heterocycles. The molecule has 5 heteroatoms. The molecule has 0 spiro atoms. The normalized spacial score (nSPS) is 13.5. The number of carbonyl (C=O) groups is 1. The molecule has 0 aliphatic carbocycles. The highest BCUT2D eigenvalue weighted by molar-refractivity contribution is 5.76. The van der Waals surface area contributed by atoms with E-state index in [1.165, 1.54) is 193 Å². The van der Waals surface area contributed by atoms with E-state index in [2.05, 4.69) is 19.2 Å². The Balaban J connectivity index is 3.49. The third kappa shape index (κ3) is 36.9. The van der Waals surface area contributed by atoms with E-state index < -0.39 is 18.2 Å². The lowest BCUT2D eigenvalue weighted by atomic mass is 10.0. The summed E-state index contributed by atoms with van der Waals surface area (Å²) in [6.45, 7) is 4.26. The van der Waals surface area contributed by atoms with E-state index >= 15 is 0 Å². The molecule has 0 radical (unpaired) electrons. The molecule has 294 valence electrons. The van der Waals surface area contributed by atoms with Gasteiger partial charge in [-0.15, -0.1) is 0 Å². The first kappa shape index (κ1) is 48.3. The van der Waals surface area contributed by atoms with E-state index in [9.17, 15) is 20.1 Å². The second-order valence-corrected chi connectivity index (χ2v) is 15.7. The maximum absolute atomic E-state index is 12.4. The Kier molecular flexibility index (Phi) is 39.6. The van der Waals surface area contributed by atoms with Crippen LogP contribution in [-0.2, 0) is 4.79 Å². The van der Waals surface area contributed by atoms with Gasteiger partial charge < -0.3 is 20.6 Å². The second kappa shape index (κ2) is 40.1. The van der Waals surface area contributed by atoms with Gasteiger partial charge in [-0.3, -0.25) is 4.79 Å². The summed E-state index contributed by atoms with van der Waals surface area (Å²) in [4.78, 5) is 12.4. The molecule has 0 aromatic heterocycles. The largest absolute Gasteiger partial charge is 0.394 e. The molecule has 0 saturated heterocycles. The second-order valence-electron chi connectivity index (χ2n) is 15.7. The highest BCUT2D eigenvalue weighted by Crippen LogP contribution is 2.17. The molecule has 0 rings (SSSR count). The van der Waals surface area contributed by atoms with Gasteiger partial charge in [-0.1, -0.05) is 232 Å². The van der Waals surface area contributed by atoms with E-state index in [4.69, 9.17) is 0 Å². The van der Waals surface area contributed by atoms with Crippen LogP contribution < -0.4 is 5.32 Å². The molecule has 1 amide bonds. The van der Waals surface area contributed by atoms with Crippen LogP contribution in [0.5, 0.6) is 0 Å². The third-order valence-electron chi connectivity index (χ3n) is 10.7. The molecular weight excluding hydrogens is 606 g/mol. The molecule has 49 heavy (non-hydrogen) atoms. The predicted octanol–water partition coefficient (Wildman–Crippen LogP) is 12.7. The zero-order valence-corrected chi connectivity index (χ0v) is 33.4. The number of aliphatic hydroxyl groups excluding tert-OH is 3. The smallest absolute Gasteiger partial charge is 0.222 e. The van der Waals surface area contributed by atoms with Crippen molar-refractivity contribution in [3.63, 3.8) is 0 Å². The zero-order chi connectivity index (χ0) is 35.9. The maximum atomic E-state index is 12.4. The van der Waals surface area contributed by atoms with Crippen LogP contribution in [0.25, 0.3) is 0 Å². The molecule has 0 bridgehead atoms. The van der Waals surface area contributed by atoms with Crippen molar-refractivity contribution < 1.29 is 20.1 Å². The minimum atomic E-state index is -0.742. The Labute approximate surface area is 307 Å². The molecule has 0 aliphatic heterocycles. The number of carbonyl (C=O) groups excluding carboxylic acids is 1. The lowest BCUT2D eigenvalue weighted by Gasteiger charge is -2.23. The number of amides is 1. The highest BCUT2D eigenvalue weighted by Gasteiger charge is 2.21. The Hall–Kier alpha value is -0.650. The van der Waals surface area contributed by atoms with Crippen molar-refractivity contribution in [1.29, 1.82) is 0 Å². The Morgan fingerprint density at radius 1 is 0.429 bits per heavy atom. The van der Waals surface area contributed by atoms with Gasteiger partial charge in [-0.05, 0) is 12.8 Å². The quantitative estimate of drug-likeness (QED) is 0.0479. The van der Waals surface area contributed by atoms with Crippen molar-refractivity contribution in [2.24, 2.45) is 0 Å². The number of hydrogen-bond acceptors (Lipinski definition) is 4. The zero-order valence-electron chi connectivity index (χ0n) is 33.4. The van der Waals surface area contributed by atoms with Gasteiger partial charge in [0.2, 0.25) is 5.91 Å². The third-order valence-corrected chi connectivity index (χ3v) is 10.7. The lowest BCUT2D eigenvalue weighted by molar-refractivity contribution is -0.125. The predicted molar refractivity (Wildman–Crippen MR) is 213 cm³/mol. The van der Waals surface area contributed by atoms with Gasteiger partial charge in [0.05, 0.1) is 31.3 Å². The van der Waals surface area contributed by atoms with E-state index in [1.807, 2.05) is 0 Å². The minimum Gasteiger partial charge on any atom is -0.394 e. The standard InChI is InChI=1S/C44H89NO4/c1-3-5-7-9-11-13-15-16-17-18-19-20-21-22-23-24-25-26-27-28-29-31-33-35-37-41(47)39-44(49)45-42(40-46)43(48)38-36-34-32-30-14-12-10-8-6-4-2/h41-43,46-48H,3-40H2,1-2H3,(H,45,49). The first-order valence-corrected chi connectivity index (χ1v) is 22.3. The summed E-state index contributed by atoms with van der Waals surface area (Å²) >= 11 is 0. The van der Waals surface area contributed by atoms with Gasteiger partial charge >= 0.3 is 0 Å². The van der Waals surface area contributed by atoms with Gasteiger partial charge in [0.15, 0.2) is 0 Å². The Bertz CT molecular complexity index is 644. The van der Waals surface area contributed by atoms with Gasteiger partial charge in [-0.2, -0.15) is 0 Å². The van der Waals surface area contributed by atoms with Crippen molar-refractivity contribution in [3.05, 3.63) is 0 Å². The molecule has 0 aromatic carbocycles. The van der Waals surface area contributed by atoms with E-state index in [0.717, 1.165) is 25.7 Å². The minimum absolute atomic E-state index is 0.0425. The summed E-state index contributed by atoms with van der Waals surface area (Å²) < 4.78 is 0. The average molecular weight is 696 g/mol. The molecule has 5 nitrogen and oxygen atoms in total. The summed E-state index contributed by atoms with van der Waals surface area (Å²) in [6, 6.07) is -0.651. The van der Waals surface area contributed by atoms with E-state index in [-0.39, 0.29) is 18.9 Å². The van der Waals surface area contributed by atoms with Crippen LogP contribution in [0, 0.1) is 0 Å². The van der Waals surface area contributed by atoms with E-state index in [0.29, 0.717) is 12.8 Å². The van der Waals surface area contributed by atoms with Gasteiger partial charge in [0.25, 0.3) is 0 Å². The highest BCUT2D eigenvalue weighted by atomic mass is 16.3. The molecule has 0 aromatic rings. The van der Waals surface area contributed by atoms with E-state index in [1.54, 1.807) is 0 Å². The van der Waals surface area contributed by atoms with Crippen molar-refractivity contribution in [2.45, 2.75) is 270 Å². The molecule has 3 atom stereocenters. The lowest BCUT2D eigenvalue weighted by Crippen LogP contribution is -2.46. The van der Waals surface area contributed by atoms with Crippen molar-refractivity contribution in [3.8, 4) is 0 Å². The summed E-state index contributed by atoms with van der Waals surface area (Å²) in [7, 11) is 0. The topological polar surface area (TPSA) is 89.8 Å². The van der Waals surface area contributed by atoms with Crippen LogP contribution >= 0.6 is 0 Å². The van der Waals surface area contributed by atoms with Crippen LogP contribution in [0.15, 0.2) is 0 Å². The molecule has 3 unspecified atom stereocenters. The van der Waals surface area contributed by atoms with Crippen molar-refractivity contribution in [2.75, 3.05) is 6.61 Å². The first-order chi connectivity index (χ1) is 24.0. The number of hydrogen-bond donors (Lipinski definition) is 4. The first-order valence-electron chi connectivity index (χ1n) is 22.3. The Morgan fingerprint density at radius 2 is 0.694 bits per heavy atom. The van der Waals surface area contributed by atoms with Crippen LogP contribution in [0.4, 0.5) is 0 Å². The molecule has 4 N–H and O–H groups in total. The average Bonchev–Trinajstić information content (AvgIpc) is 3.09. The summed E-state index contributed by atoms with van der Waals surface area (Å²) in [5, 5.41) is 33.3. The molecular formula is C44H89NO4. The van der Waals surface area contributed by atoms with Gasteiger partial charge in [0.1, 0.15) is 0 Å². The van der Waals surface area contributed by atoms with Crippen molar-refractivity contribution in [1.82, 2.24) is 5.32 Å².